The molecule has 16 nitrogen and oxygen atoms in total. The summed E-state index contributed by atoms with van der Waals surface area (Å²) in [4.78, 5) is 59.5. The van der Waals surface area contributed by atoms with Gasteiger partial charge >= 0.3 is 53.9 Å². The van der Waals surface area contributed by atoms with Gasteiger partial charge in [0.2, 0.25) is 11.7 Å². The van der Waals surface area contributed by atoms with Crippen molar-refractivity contribution in [3.05, 3.63) is 0 Å². The van der Waals surface area contributed by atoms with Gasteiger partial charge < -0.3 is 53.6 Å². The van der Waals surface area contributed by atoms with Crippen molar-refractivity contribution < 1.29 is 113 Å². The lowest BCUT2D eigenvalue weighted by molar-refractivity contribution is -0.409. The summed E-state index contributed by atoms with van der Waals surface area (Å²) in [6.07, 6.45) is -0.727. The number of hydrogen-bond donors (Lipinski definition) is 4. The third kappa shape index (κ3) is 22.5. The molecule has 5 aliphatic carbocycles. The zero-order chi connectivity index (χ0) is 67.9. The van der Waals surface area contributed by atoms with E-state index in [1.807, 2.05) is 76.2 Å². The van der Waals surface area contributed by atoms with Crippen LogP contribution in [0.4, 0.5) is 35.1 Å². The van der Waals surface area contributed by atoms with Gasteiger partial charge in [-0.2, -0.15) is 35.1 Å². The third-order valence-corrected chi connectivity index (χ3v) is 20.4. The van der Waals surface area contributed by atoms with Crippen LogP contribution in [0.1, 0.15) is 294 Å². The molecule has 7 aliphatic rings. The number of rotatable bonds is 18. The number of alkyl halides is 8. The number of carbonyl (C=O) groups excluding carboxylic acids is 5. The van der Waals surface area contributed by atoms with E-state index in [-0.39, 0.29) is 107 Å². The topological polar surface area (TPSA) is 231 Å². The lowest BCUT2D eigenvalue weighted by Crippen LogP contribution is -2.70. The minimum atomic E-state index is -5.74. The number of halogens is 8. The van der Waals surface area contributed by atoms with Crippen LogP contribution >= 0.6 is 0 Å². The van der Waals surface area contributed by atoms with Crippen LogP contribution in [0.5, 0.6) is 0 Å². The molecule has 0 radical (unpaired) electrons. The number of cyclic esters (lactones) is 1. The van der Waals surface area contributed by atoms with E-state index in [1.54, 1.807) is 34.6 Å². The molecule has 6 unspecified atom stereocenters. The Balaban J connectivity index is -0.000000276. The monoisotopic (exact) mass is 1400 g/mol. The summed E-state index contributed by atoms with van der Waals surface area (Å²) in [6, 6.07) is 0. The van der Waals surface area contributed by atoms with E-state index in [4.69, 9.17) is 23.7 Å². The second-order valence-electron chi connectivity index (χ2n) is 30.2. The Morgan fingerprint density at radius 1 is 0.547 bits per heavy atom. The predicted octanol–water partition coefficient (Wildman–Crippen LogP) is 17.9. The lowest BCUT2D eigenvalue weighted by atomic mass is 9.37. The molecule has 5 saturated carbocycles. The summed E-state index contributed by atoms with van der Waals surface area (Å²) in [7, 11) is 0. The molecule has 572 valence electrons. The molecule has 7 rings (SSSR count). The number of aliphatic hydroxyl groups is 4. The van der Waals surface area contributed by atoms with Crippen LogP contribution < -0.4 is 0 Å². The van der Waals surface area contributed by atoms with Gasteiger partial charge in [0, 0.05) is 17.3 Å². The van der Waals surface area contributed by atoms with Crippen LogP contribution in [-0.4, -0.2) is 140 Å². The summed E-state index contributed by atoms with van der Waals surface area (Å²) < 4.78 is 140. The molecule has 2 saturated heterocycles. The largest absolute Gasteiger partial charge is 0.463 e. The van der Waals surface area contributed by atoms with E-state index in [9.17, 15) is 79.5 Å². The van der Waals surface area contributed by atoms with Gasteiger partial charge in [-0.15, -0.1) is 0 Å². The Morgan fingerprint density at radius 2 is 0.926 bits per heavy atom. The zero-order valence-corrected chi connectivity index (χ0v) is 55.2. The molecule has 4 N–H and O–H groups in total. The smallest absolute Gasteiger partial charge is 0.449 e. The van der Waals surface area contributed by atoms with Gasteiger partial charge in [0.1, 0.15) is 11.7 Å². The second-order valence-corrected chi connectivity index (χ2v) is 30.2. The minimum Gasteiger partial charge on any atom is -0.463 e. The Kier molecular flexibility index (Phi) is 37.5. The number of carbonyl (C=O) groups is 5. The first-order valence-corrected chi connectivity index (χ1v) is 30.6. The Labute approximate surface area is 568 Å². The van der Waals surface area contributed by atoms with Crippen molar-refractivity contribution in [2.24, 2.45) is 44.3 Å². The molecular formula is C71H136F8O16. The first-order chi connectivity index (χ1) is 38.8. The molecule has 0 amide bonds. The normalized spacial score (nSPS) is 28.3. The van der Waals surface area contributed by atoms with Crippen LogP contribution in [-0.2, 0) is 57.1 Å². The molecular weight excluding hydrogens is 1260 g/mol. The molecule has 0 aromatic carbocycles. The average Bonchev–Trinajstić information content (AvgIpc) is 1.20. The van der Waals surface area contributed by atoms with E-state index >= 15 is 0 Å². The maximum atomic E-state index is 14.0. The lowest BCUT2D eigenvalue weighted by Gasteiger charge is -2.70. The molecule has 24 heteroatoms. The average molecular weight is 1400 g/mol. The molecule has 0 aromatic rings. The van der Waals surface area contributed by atoms with Crippen LogP contribution in [0.25, 0.3) is 0 Å². The van der Waals surface area contributed by atoms with Crippen molar-refractivity contribution in [2.75, 3.05) is 19.8 Å². The van der Waals surface area contributed by atoms with Gasteiger partial charge in [-0.1, -0.05) is 87.1 Å². The second kappa shape index (κ2) is 34.8. The van der Waals surface area contributed by atoms with Crippen molar-refractivity contribution in [2.45, 2.75) is 364 Å². The predicted molar refractivity (Wildman–Crippen MR) is 358 cm³/mol. The van der Waals surface area contributed by atoms with E-state index in [1.165, 1.54) is 13.8 Å². The maximum Gasteiger partial charge on any atom is 0.449 e. The van der Waals surface area contributed by atoms with Gasteiger partial charge in [-0.05, 0) is 213 Å². The van der Waals surface area contributed by atoms with Crippen molar-refractivity contribution in [3.8, 4) is 0 Å². The fourth-order valence-corrected chi connectivity index (χ4v) is 11.8. The van der Waals surface area contributed by atoms with Crippen LogP contribution in [0.2, 0.25) is 0 Å². The highest BCUT2D eigenvalue weighted by Crippen LogP contribution is 2.72. The van der Waals surface area contributed by atoms with Gasteiger partial charge in [0.25, 0.3) is 0 Å². The summed E-state index contributed by atoms with van der Waals surface area (Å²) in [6.45, 7) is 32.1. The fourth-order valence-electron chi connectivity index (χ4n) is 11.8. The van der Waals surface area contributed by atoms with Gasteiger partial charge in [-0.3, -0.25) is 19.2 Å². The first kappa shape index (κ1) is 103. The highest BCUT2D eigenvalue weighted by Gasteiger charge is 2.83. The molecule has 2 aliphatic heterocycles. The molecule has 95 heavy (non-hydrogen) atoms. The Bertz CT molecular complexity index is 2370. The third-order valence-electron chi connectivity index (χ3n) is 20.4. The van der Waals surface area contributed by atoms with E-state index < -0.39 is 111 Å². The van der Waals surface area contributed by atoms with Gasteiger partial charge in [-0.25, -0.2) is 4.79 Å². The molecule has 2 heterocycles. The zero-order valence-electron chi connectivity index (χ0n) is 55.2. The minimum absolute atomic E-state index is 0. The van der Waals surface area contributed by atoms with Crippen molar-refractivity contribution in [3.63, 3.8) is 0 Å². The van der Waals surface area contributed by atoms with E-state index in [2.05, 4.69) is 9.47 Å². The van der Waals surface area contributed by atoms with E-state index in [0.717, 1.165) is 39.0 Å². The van der Waals surface area contributed by atoms with Gasteiger partial charge in [0.05, 0.1) is 58.3 Å². The molecule has 7 fully saturated rings. The first-order valence-electron chi connectivity index (χ1n) is 30.6. The quantitative estimate of drug-likeness (QED) is 0.0568. The molecule has 6 atom stereocenters. The summed E-state index contributed by atoms with van der Waals surface area (Å²) >= 11 is 0. The highest BCUT2D eigenvalue weighted by atomic mass is 19.4. The van der Waals surface area contributed by atoms with Crippen LogP contribution in [0, 0.1) is 44.3 Å². The standard InChI is InChI=1S/C22H38O4.C19H33F3O4.C12H17F5O4.C10H16O4.8CH4/c1-8-17(2,3)16(23)26-22-11-15-9-20(13-22,18(4,5)24)12-21(10-15,14-22)19(6,7)25;1-7-16(2,3)15(23)26-14-10-8-13(9-11-14)17(4,5)25-12-18(6,24)19(20,21)22;1-5-8(2,3)7(18)21-9(4)6-20-11(19,10(9,13)14)12(15,16)17;1-4-10(2,3)9(12)14-7-5-6-13-8(7)11;;;;;;;;/h15,24-25H,8-14H2,1-7H3;13-14,24H,7-12H2,1-6H3;19H,5-6H2,1-4H3;7H,4-6H2,1-3H3;8*1H4. The summed E-state index contributed by atoms with van der Waals surface area (Å²) in [5.74, 6) is -11.3. The maximum absolute atomic E-state index is 14.0. The number of esters is 5. The van der Waals surface area contributed by atoms with Crippen LogP contribution in [0.3, 0.4) is 0 Å². The molecule has 0 spiro atoms. The van der Waals surface area contributed by atoms with Crippen molar-refractivity contribution in [1.82, 2.24) is 0 Å². The van der Waals surface area contributed by atoms with E-state index in [0.29, 0.717) is 77.2 Å². The van der Waals surface area contributed by atoms with Crippen molar-refractivity contribution >= 4 is 29.8 Å². The highest BCUT2D eigenvalue weighted by molar-refractivity contribution is 5.83. The Morgan fingerprint density at radius 3 is 1.26 bits per heavy atom. The van der Waals surface area contributed by atoms with Crippen LogP contribution in [0.15, 0.2) is 0 Å². The fraction of sp³-hybridized carbons (Fsp3) is 0.930. The Hall–Kier alpha value is -3.45. The molecule has 4 bridgehead atoms. The summed E-state index contributed by atoms with van der Waals surface area (Å²) in [5, 5.41) is 40.9. The number of ether oxygens (including phenoxy) is 7. The number of hydrogen-bond acceptors (Lipinski definition) is 16. The molecule has 0 aromatic heterocycles. The van der Waals surface area contributed by atoms with Crippen molar-refractivity contribution in [1.29, 1.82) is 0 Å². The summed E-state index contributed by atoms with van der Waals surface area (Å²) in [5.41, 5.74) is -12.2. The van der Waals surface area contributed by atoms with Gasteiger partial charge in [0.15, 0.2) is 5.60 Å². The SMILES string of the molecule is C.C.C.C.C.C.C.C.CCC(C)(C)C(=O)OC1(C)COC(O)(C(F)(F)F)C1(F)F.CCC(C)(C)C(=O)OC12CC3CC(C(C)(C)O)(C1)CC(C(C)(C)O)(C3)C2.CCC(C)(C)C(=O)OC1CCC(C(C)(C)OCC(C)(O)C(F)(F)F)CC1.CCC(C)(C)C(=O)OC1CCOC1=O.